The molecule has 0 aromatic carbocycles. The van der Waals surface area contributed by atoms with Gasteiger partial charge in [-0.15, -0.1) is 11.8 Å². The molecule has 1 rings (SSSR count). The number of anilines is 1. The third kappa shape index (κ3) is 3.27. The fourth-order valence-electron chi connectivity index (χ4n) is 1.00. The van der Waals surface area contributed by atoms with Crippen LogP contribution in [0.15, 0.2) is 11.4 Å². The molecule has 0 saturated heterocycles. The largest absolute Gasteiger partial charge is 0.490 e. The highest BCUT2D eigenvalue weighted by Crippen LogP contribution is 2.31. The molecule has 0 bridgehead atoms. The van der Waals surface area contributed by atoms with Crippen molar-refractivity contribution in [3.8, 4) is 5.75 Å². The quantitative estimate of drug-likeness (QED) is 0.617. The molecular weight excluding hydrogens is 210 g/mol. The van der Waals surface area contributed by atoms with Gasteiger partial charge in [-0.2, -0.15) is 0 Å². The van der Waals surface area contributed by atoms with Crippen molar-refractivity contribution in [2.75, 3.05) is 18.6 Å². The smallest absolute Gasteiger partial charge is 0.193 e. The summed E-state index contributed by atoms with van der Waals surface area (Å²) in [6.07, 6.45) is 2.63. The highest BCUT2D eigenvalue weighted by atomic mass is 32.2. The van der Waals surface area contributed by atoms with Gasteiger partial charge in [-0.25, -0.2) is 9.97 Å². The summed E-state index contributed by atoms with van der Waals surface area (Å²) in [5.41, 5.74) is 5.68. The van der Waals surface area contributed by atoms with Crippen molar-refractivity contribution in [3.05, 3.63) is 6.33 Å². The number of methoxy groups -OCH3 is 1. The zero-order chi connectivity index (χ0) is 11.3. The predicted octanol–water partition coefficient (Wildman–Crippen LogP) is 2.21. The molecule has 0 fully saturated rings. The minimum atomic E-state index is 0.402. The van der Waals surface area contributed by atoms with E-state index >= 15 is 0 Å². The number of nitrogen functional groups attached to an aromatic ring is 1. The third-order valence-corrected chi connectivity index (χ3v) is 3.50. The number of nitrogens with zero attached hydrogens (tertiary/aromatic N) is 2. The second-order valence-corrected chi connectivity index (χ2v) is 4.43. The van der Waals surface area contributed by atoms with Crippen molar-refractivity contribution < 1.29 is 4.74 Å². The Labute approximate surface area is 94.6 Å². The number of ether oxygens (including phenoxy) is 1. The Morgan fingerprint density at radius 3 is 2.87 bits per heavy atom. The summed E-state index contributed by atoms with van der Waals surface area (Å²) in [6.45, 7) is 4.39. The number of hydrogen-bond donors (Lipinski definition) is 1. The first-order valence-electron chi connectivity index (χ1n) is 4.96. The Kier molecular flexibility index (Phi) is 4.68. The zero-order valence-electron chi connectivity index (χ0n) is 9.36. The van der Waals surface area contributed by atoms with E-state index in [1.54, 1.807) is 18.9 Å². The van der Waals surface area contributed by atoms with Crippen LogP contribution in [-0.2, 0) is 0 Å². The first-order valence-corrected chi connectivity index (χ1v) is 5.94. The molecule has 0 aliphatic carbocycles. The summed E-state index contributed by atoms with van der Waals surface area (Å²) in [5, 5.41) is 0.824. The average molecular weight is 227 g/mol. The standard InChI is InChI=1S/C10H17N3OS/c1-4-7(2)5-15-10-8(14-3)9(11)12-6-13-10/h6-7H,4-5H2,1-3H3,(H2,11,12,13). The van der Waals surface area contributed by atoms with E-state index in [1.807, 2.05) is 0 Å². The number of aromatic nitrogens is 2. The molecule has 1 atom stereocenters. The van der Waals surface area contributed by atoms with Gasteiger partial charge in [-0.05, 0) is 5.92 Å². The second kappa shape index (κ2) is 5.80. The Hall–Kier alpha value is -0.970. The summed E-state index contributed by atoms with van der Waals surface area (Å²) in [4.78, 5) is 8.05. The molecule has 0 aliphatic rings. The summed E-state index contributed by atoms with van der Waals surface area (Å²) < 4.78 is 5.17. The van der Waals surface area contributed by atoms with Crippen LogP contribution < -0.4 is 10.5 Å². The Morgan fingerprint density at radius 1 is 1.53 bits per heavy atom. The van der Waals surface area contributed by atoms with Crippen LogP contribution in [0.1, 0.15) is 20.3 Å². The van der Waals surface area contributed by atoms with E-state index in [9.17, 15) is 0 Å². The van der Waals surface area contributed by atoms with Gasteiger partial charge in [0.05, 0.1) is 7.11 Å². The molecule has 1 aromatic rings. The van der Waals surface area contributed by atoms with E-state index in [0.717, 1.165) is 17.2 Å². The molecule has 0 saturated carbocycles. The first kappa shape index (κ1) is 12.1. The fraction of sp³-hybridized carbons (Fsp3) is 0.600. The van der Waals surface area contributed by atoms with Crippen LogP contribution in [-0.4, -0.2) is 22.8 Å². The van der Waals surface area contributed by atoms with Crippen molar-refractivity contribution in [2.24, 2.45) is 5.92 Å². The molecule has 2 N–H and O–H groups in total. The summed E-state index contributed by atoms with van der Waals surface area (Å²) in [7, 11) is 1.59. The van der Waals surface area contributed by atoms with Crippen molar-refractivity contribution in [1.82, 2.24) is 9.97 Å². The SMILES string of the molecule is CCC(C)CSc1ncnc(N)c1OC. The molecule has 0 amide bonds. The number of rotatable bonds is 5. The lowest BCUT2D eigenvalue weighted by atomic mass is 10.2. The molecule has 1 heterocycles. The monoisotopic (exact) mass is 227 g/mol. The summed E-state index contributed by atoms with van der Waals surface area (Å²) in [5.74, 6) is 2.67. The lowest BCUT2D eigenvalue weighted by Gasteiger charge is -2.10. The van der Waals surface area contributed by atoms with Crippen molar-refractivity contribution in [2.45, 2.75) is 25.3 Å². The van der Waals surface area contributed by atoms with E-state index in [1.165, 1.54) is 6.33 Å². The summed E-state index contributed by atoms with van der Waals surface area (Å²) >= 11 is 1.66. The van der Waals surface area contributed by atoms with Gasteiger partial charge in [0, 0.05) is 5.75 Å². The molecule has 1 unspecified atom stereocenters. The third-order valence-electron chi connectivity index (χ3n) is 2.20. The van der Waals surface area contributed by atoms with Crippen molar-refractivity contribution >= 4 is 17.6 Å². The molecule has 4 nitrogen and oxygen atoms in total. The topological polar surface area (TPSA) is 61.0 Å². The van der Waals surface area contributed by atoms with E-state index in [2.05, 4.69) is 23.8 Å². The second-order valence-electron chi connectivity index (χ2n) is 3.42. The number of thioether (sulfide) groups is 1. The summed E-state index contributed by atoms with van der Waals surface area (Å²) in [6, 6.07) is 0. The lowest BCUT2D eigenvalue weighted by molar-refractivity contribution is 0.401. The van der Waals surface area contributed by atoms with Crippen LogP contribution in [0.3, 0.4) is 0 Å². The maximum absolute atomic E-state index is 5.68. The molecule has 0 radical (unpaired) electrons. The van der Waals surface area contributed by atoms with Gasteiger partial charge in [0.2, 0.25) is 0 Å². The minimum Gasteiger partial charge on any atom is -0.490 e. The van der Waals surface area contributed by atoms with Crippen LogP contribution in [0.4, 0.5) is 5.82 Å². The predicted molar refractivity (Wildman–Crippen MR) is 63.2 cm³/mol. The maximum Gasteiger partial charge on any atom is 0.193 e. The highest BCUT2D eigenvalue weighted by molar-refractivity contribution is 7.99. The van der Waals surface area contributed by atoms with Crippen LogP contribution in [0.5, 0.6) is 5.75 Å². The molecule has 0 aliphatic heterocycles. The Balaban J connectivity index is 2.72. The van der Waals surface area contributed by atoms with Gasteiger partial charge < -0.3 is 10.5 Å². The van der Waals surface area contributed by atoms with E-state index in [0.29, 0.717) is 17.5 Å². The highest BCUT2D eigenvalue weighted by Gasteiger charge is 2.11. The molecule has 15 heavy (non-hydrogen) atoms. The Morgan fingerprint density at radius 2 is 2.27 bits per heavy atom. The van der Waals surface area contributed by atoms with Gasteiger partial charge in [0.25, 0.3) is 0 Å². The minimum absolute atomic E-state index is 0.402. The van der Waals surface area contributed by atoms with Crippen LogP contribution in [0.25, 0.3) is 0 Å². The van der Waals surface area contributed by atoms with Gasteiger partial charge in [-0.3, -0.25) is 0 Å². The molecule has 84 valence electrons. The van der Waals surface area contributed by atoms with Crippen molar-refractivity contribution in [1.29, 1.82) is 0 Å². The molecular formula is C10H17N3OS. The van der Waals surface area contributed by atoms with Gasteiger partial charge >= 0.3 is 0 Å². The molecule has 1 aromatic heterocycles. The van der Waals surface area contributed by atoms with E-state index in [4.69, 9.17) is 10.5 Å². The van der Waals surface area contributed by atoms with Crippen LogP contribution in [0, 0.1) is 5.92 Å². The van der Waals surface area contributed by atoms with Crippen LogP contribution in [0.2, 0.25) is 0 Å². The number of hydrogen-bond acceptors (Lipinski definition) is 5. The van der Waals surface area contributed by atoms with E-state index in [-0.39, 0.29) is 0 Å². The Bertz CT molecular complexity index is 320. The van der Waals surface area contributed by atoms with Crippen molar-refractivity contribution in [3.63, 3.8) is 0 Å². The lowest BCUT2D eigenvalue weighted by Crippen LogP contribution is -2.01. The van der Waals surface area contributed by atoms with Gasteiger partial charge in [0.1, 0.15) is 11.4 Å². The molecule has 5 heteroatoms. The number of nitrogens with two attached hydrogens (primary N) is 1. The average Bonchev–Trinajstić information content (AvgIpc) is 2.25. The normalized spacial score (nSPS) is 12.5. The van der Waals surface area contributed by atoms with Gasteiger partial charge in [-0.1, -0.05) is 20.3 Å². The van der Waals surface area contributed by atoms with E-state index < -0.39 is 0 Å². The maximum atomic E-state index is 5.68. The van der Waals surface area contributed by atoms with Crippen LogP contribution >= 0.6 is 11.8 Å². The zero-order valence-corrected chi connectivity index (χ0v) is 10.2. The molecule has 0 spiro atoms. The fourth-order valence-corrected chi connectivity index (χ4v) is 2.12. The first-order chi connectivity index (χ1) is 7.19. The van der Waals surface area contributed by atoms with Gasteiger partial charge in [0.15, 0.2) is 11.6 Å².